The van der Waals surface area contributed by atoms with E-state index < -0.39 is 0 Å². The first-order chi connectivity index (χ1) is 13.5. The van der Waals surface area contributed by atoms with Gasteiger partial charge in [0.25, 0.3) is 11.8 Å². The summed E-state index contributed by atoms with van der Waals surface area (Å²) in [5, 5.41) is 9.43. The van der Waals surface area contributed by atoms with Crippen molar-refractivity contribution in [2.45, 2.75) is 6.92 Å². The Morgan fingerprint density at radius 1 is 1.00 bits per heavy atom. The van der Waals surface area contributed by atoms with Crippen molar-refractivity contribution in [1.82, 2.24) is 19.6 Å². The van der Waals surface area contributed by atoms with E-state index in [-0.39, 0.29) is 23.3 Å². The molecule has 2 aliphatic heterocycles. The fraction of sp³-hybridized carbons (Fsp3) is 0.474. The fourth-order valence-electron chi connectivity index (χ4n) is 3.32. The Kier molecular flexibility index (Phi) is 5.99. The predicted molar refractivity (Wildman–Crippen MR) is 98.7 cm³/mol. The van der Waals surface area contributed by atoms with Crippen LogP contribution in [0.15, 0.2) is 34.6 Å². The van der Waals surface area contributed by atoms with Crippen LogP contribution in [0.3, 0.4) is 0 Å². The van der Waals surface area contributed by atoms with Crippen molar-refractivity contribution < 1.29 is 18.8 Å². The Labute approximate surface area is 163 Å². The first-order valence-corrected chi connectivity index (χ1v) is 9.23. The molecule has 0 atom stereocenters. The summed E-state index contributed by atoms with van der Waals surface area (Å²) in [5.74, 6) is -0.181. The molecule has 148 valence electrons. The Balaban J connectivity index is 1.55. The summed E-state index contributed by atoms with van der Waals surface area (Å²) >= 11 is 0. The SMILES string of the molecule is CC(=O)N1CCN(C(=O)/C(C#N)=C\N2CCN(C(=O)c3ccco3)CC2)CC1. The monoisotopic (exact) mass is 385 g/mol. The number of hydrogen-bond acceptors (Lipinski definition) is 6. The highest BCUT2D eigenvalue weighted by Gasteiger charge is 2.27. The standard InChI is InChI=1S/C19H23N5O4/c1-15(25)22-8-10-23(11-9-22)18(26)16(13-20)14-21-4-6-24(7-5-21)19(27)17-3-2-12-28-17/h2-3,12,14H,4-11H2,1H3/b16-14-. The summed E-state index contributed by atoms with van der Waals surface area (Å²) in [5.41, 5.74) is 0.0714. The fourth-order valence-corrected chi connectivity index (χ4v) is 3.32. The number of hydrogen-bond donors (Lipinski definition) is 0. The Hall–Kier alpha value is -3.28. The van der Waals surface area contributed by atoms with Crippen LogP contribution in [0, 0.1) is 11.3 Å². The van der Waals surface area contributed by atoms with Gasteiger partial charge in [-0.05, 0) is 12.1 Å². The molecular formula is C19H23N5O4. The molecule has 0 unspecified atom stereocenters. The first kappa shape index (κ1) is 19.5. The summed E-state index contributed by atoms with van der Waals surface area (Å²) in [6, 6.07) is 5.29. The largest absolute Gasteiger partial charge is 0.459 e. The van der Waals surface area contributed by atoms with E-state index in [0.29, 0.717) is 58.1 Å². The molecule has 3 amide bonds. The van der Waals surface area contributed by atoms with E-state index in [9.17, 15) is 19.6 Å². The maximum atomic E-state index is 12.6. The van der Waals surface area contributed by atoms with Crippen molar-refractivity contribution in [3.63, 3.8) is 0 Å². The molecule has 2 fully saturated rings. The summed E-state index contributed by atoms with van der Waals surface area (Å²) in [7, 11) is 0. The van der Waals surface area contributed by atoms with Crippen LogP contribution in [0.4, 0.5) is 0 Å². The minimum Gasteiger partial charge on any atom is -0.459 e. The Morgan fingerprint density at radius 2 is 1.61 bits per heavy atom. The van der Waals surface area contributed by atoms with Gasteiger partial charge in [-0.2, -0.15) is 5.26 Å². The van der Waals surface area contributed by atoms with E-state index in [4.69, 9.17) is 4.42 Å². The van der Waals surface area contributed by atoms with Gasteiger partial charge < -0.3 is 24.0 Å². The molecule has 0 radical (unpaired) electrons. The lowest BCUT2D eigenvalue weighted by molar-refractivity contribution is -0.136. The summed E-state index contributed by atoms with van der Waals surface area (Å²) in [6.07, 6.45) is 3.04. The van der Waals surface area contributed by atoms with Crippen molar-refractivity contribution in [2.24, 2.45) is 0 Å². The molecule has 28 heavy (non-hydrogen) atoms. The van der Waals surface area contributed by atoms with Crippen LogP contribution < -0.4 is 0 Å². The number of nitriles is 1. The van der Waals surface area contributed by atoms with E-state index in [1.807, 2.05) is 11.0 Å². The van der Waals surface area contributed by atoms with Crippen molar-refractivity contribution in [1.29, 1.82) is 5.26 Å². The van der Waals surface area contributed by atoms with Gasteiger partial charge in [-0.15, -0.1) is 0 Å². The molecule has 2 aliphatic rings. The second-order valence-electron chi connectivity index (χ2n) is 6.76. The Morgan fingerprint density at radius 3 is 2.14 bits per heavy atom. The van der Waals surface area contributed by atoms with E-state index in [0.717, 1.165) is 0 Å². The molecule has 0 aliphatic carbocycles. The zero-order valence-corrected chi connectivity index (χ0v) is 15.8. The maximum absolute atomic E-state index is 12.6. The highest BCUT2D eigenvalue weighted by molar-refractivity contribution is 5.97. The van der Waals surface area contributed by atoms with Gasteiger partial charge in [0.05, 0.1) is 6.26 Å². The van der Waals surface area contributed by atoms with Crippen molar-refractivity contribution in [2.75, 3.05) is 52.4 Å². The number of furan rings is 1. The van der Waals surface area contributed by atoms with Gasteiger partial charge in [-0.3, -0.25) is 14.4 Å². The van der Waals surface area contributed by atoms with Gasteiger partial charge in [-0.25, -0.2) is 0 Å². The van der Waals surface area contributed by atoms with Crippen molar-refractivity contribution in [3.05, 3.63) is 35.9 Å². The smallest absolute Gasteiger partial charge is 0.289 e. The lowest BCUT2D eigenvalue weighted by Crippen LogP contribution is -2.50. The molecule has 0 aromatic carbocycles. The van der Waals surface area contributed by atoms with Crippen LogP contribution in [0.25, 0.3) is 0 Å². The van der Waals surface area contributed by atoms with Crippen LogP contribution in [0.1, 0.15) is 17.5 Å². The molecule has 9 heteroatoms. The van der Waals surface area contributed by atoms with Crippen molar-refractivity contribution >= 4 is 17.7 Å². The molecule has 3 rings (SSSR count). The molecule has 9 nitrogen and oxygen atoms in total. The molecule has 0 saturated carbocycles. The third kappa shape index (κ3) is 4.34. The van der Waals surface area contributed by atoms with Crippen LogP contribution in [0.2, 0.25) is 0 Å². The number of nitrogens with zero attached hydrogens (tertiary/aromatic N) is 5. The third-order valence-electron chi connectivity index (χ3n) is 5.01. The summed E-state index contributed by atoms with van der Waals surface area (Å²) in [4.78, 5) is 43.2. The minimum atomic E-state index is -0.320. The maximum Gasteiger partial charge on any atom is 0.289 e. The van der Waals surface area contributed by atoms with E-state index in [1.165, 1.54) is 13.2 Å². The quantitative estimate of drug-likeness (QED) is 0.542. The normalized spacial score (nSPS) is 18.1. The molecule has 0 spiro atoms. The molecule has 0 bridgehead atoms. The van der Waals surface area contributed by atoms with E-state index >= 15 is 0 Å². The average molecular weight is 385 g/mol. The molecule has 2 saturated heterocycles. The number of rotatable bonds is 3. The zero-order valence-electron chi connectivity index (χ0n) is 15.8. The van der Waals surface area contributed by atoms with E-state index in [1.54, 1.807) is 33.0 Å². The molecular weight excluding hydrogens is 362 g/mol. The summed E-state index contributed by atoms with van der Waals surface area (Å²) < 4.78 is 5.14. The zero-order chi connectivity index (χ0) is 20.1. The highest BCUT2D eigenvalue weighted by atomic mass is 16.3. The molecule has 3 heterocycles. The predicted octanol–water partition coefficient (Wildman–Crippen LogP) is 0.136. The van der Waals surface area contributed by atoms with Crippen LogP contribution in [-0.4, -0.2) is 89.7 Å². The number of carbonyl (C=O) groups excluding carboxylic acids is 3. The van der Waals surface area contributed by atoms with Gasteiger partial charge in [0.15, 0.2) is 5.76 Å². The number of carbonyl (C=O) groups is 3. The first-order valence-electron chi connectivity index (χ1n) is 9.23. The van der Waals surface area contributed by atoms with Crippen LogP contribution in [-0.2, 0) is 9.59 Å². The number of piperazine rings is 2. The third-order valence-corrected chi connectivity index (χ3v) is 5.01. The topological polar surface area (TPSA) is 101 Å². The minimum absolute atomic E-state index is 0.00915. The molecule has 1 aromatic rings. The van der Waals surface area contributed by atoms with Gasteiger partial charge in [0, 0.05) is 65.5 Å². The number of amides is 3. The highest BCUT2D eigenvalue weighted by Crippen LogP contribution is 2.12. The van der Waals surface area contributed by atoms with Crippen LogP contribution in [0.5, 0.6) is 0 Å². The van der Waals surface area contributed by atoms with Gasteiger partial charge in [0.2, 0.25) is 5.91 Å². The average Bonchev–Trinajstić information content (AvgIpc) is 3.26. The summed E-state index contributed by atoms with van der Waals surface area (Å²) in [6.45, 7) is 5.34. The Bertz CT molecular complexity index is 795. The molecule has 1 aromatic heterocycles. The van der Waals surface area contributed by atoms with Gasteiger partial charge >= 0.3 is 0 Å². The molecule has 0 N–H and O–H groups in total. The van der Waals surface area contributed by atoms with Crippen molar-refractivity contribution in [3.8, 4) is 6.07 Å². The lowest BCUT2D eigenvalue weighted by atomic mass is 10.2. The van der Waals surface area contributed by atoms with Crippen LogP contribution >= 0.6 is 0 Å². The second-order valence-corrected chi connectivity index (χ2v) is 6.76. The lowest BCUT2D eigenvalue weighted by Gasteiger charge is -2.35. The van der Waals surface area contributed by atoms with Gasteiger partial charge in [0.1, 0.15) is 11.6 Å². The second kappa shape index (κ2) is 8.61. The van der Waals surface area contributed by atoms with E-state index in [2.05, 4.69) is 0 Å². The van der Waals surface area contributed by atoms with Gasteiger partial charge in [-0.1, -0.05) is 0 Å².